The molecule has 2 aliphatic carbocycles. The van der Waals surface area contributed by atoms with Crippen LogP contribution in [0.1, 0.15) is 75.2 Å². The normalized spacial score (nSPS) is 27.1. The maximum absolute atomic E-state index is 13.9. The molecule has 3 aliphatic rings. The maximum Gasteiger partial charge on any atom is 0.303 e. The first-order valence-corrected chi connectivity index (χ1v) is 14.7. The fraction of sp³-hybridized carbons (Fsp3) is 0.576. The molecule has 6 nitrogen and oxygen atoms in total. The summed E-state index contributed by atoms with van der Waals surface area (Å²) in [5.41, 5.74) is 0.816. The van der Waals surface area contributed by atoms with Crippen LogP contribution in [-0.4, -0.2) is 66.6 Å². The number of likely N-dealkylation sites (tertiary alicyclic amines) is 1. The number of hydrogen-bond acceptors (Lipinski definition) is 5. The molecule has 5 rings (SSSR count). The predicted molar refractivity (Wildman–Crippen MR) is 153 cm³/mol. The van der Waals surface area contributed by atoms with E-state index < -0.39 is 11.0 Å². The Morgan fingerprint density at radius 3 is 2.49 bits per heavy atom. The number of piperidine rings is 1. The Kier molecular flexibility index (Phi) is 8.04. The van der Waals surface area contributed by atoms with E-state index in [0.29, 0.717) is 12.5 Å². The molecule has 3 fully saturated rings. The number of carbonyl (C=O) groups is 2. The van der Waals surface area contributed by atoms with E-state index in [-0.39, 0.29) is 17.9 Å². The summed E-state index contributed by atoms with van der Waals surface area (Å²) < 4.78 is 12.1. The first kappa shape index (κ1) is 27.7. The largest absolute Gasteiger partial charge is 0.497 e. The van der Waals surface area contributed by atoms with Gasteiger partial charge in [0.25, 0.3) is 5.91 Å². The molecule has 210 valence electrons. The van der Waals surface area contributed by atoms with Gasteiger partial charge in [0.15, 0.2) is 0 Å². The van der Waals surface area contributed by atoms with Gasteiger partial charge in [-0.05, 0) is 86.7 Å². The van der Waals surface area contributed by atoms with E-state index >= 15 is 0 Å². The number of benzene rings is 2. The summed E-state index contributed by atoms with van der Waals surface area (Å²) in [6.45, 7) is 9.36. The zero-order valence-corrected chi connectivity index (χ0v) is 24.0. The second kappa shape index (κ2) is 11.3. The van der Waals surface area contributed by atoms with Crippen molar-refractivity contribution < 1.29 is 19.1 Å². The van der Waals surface area contributed by atoms with Crippen molar-refractivity contribution >= 4 is 11.9 Å². The first-order chi connectivity index (χ1) is 18.7. The van der Waals surface area contributed by atoms with E-state index in [1.807, 2.05) is 42.5 Å². The lowest BCUT2D eigenvalue weighted by atomic mass is 9.54. The van der Waals surface area contributed by atoms with Gasteiger partial charge in [0, 0.05) is 43.6 Å². The van der Waals surface area contributed by atoms with Crippen molar-refractivity contribution in [3.05, 3.63) is 65.7 Å². The topological polar surface area (TPSA) is 59.1 Å². The Morgan fingerprint density at radius 1 is 1.05 bits per heavy atom. The van der Waals surface area contributed by atoms with Crippen LogP contribution in [0, 0.1) is 11.8 Å². The fourth-order valence-electron chi connectivity index (χ4n) is 7.21. The molecule has 1 heterocycles. The van der Waals surface area contributed by atoms with Crippen molar-refractivity contribution in [2.24, 2.45) is 11.8 Å². The van der Waals surface area contributed by atoms with Crippen LogP contribution in [0.25, 0.3) is 0 Å². The van der Waals surface area contributed by atoms with Crippen molar-refractivity contribution in [3.63, 3.8) is 0 Å². The second-order valence-corrected chi connectivity index (χ2v) is 12.4. The third-order valence-corrected chi connectivity index (χ3v) is 9.13. The van der Waals surface area contributed by atoms with Gasteiger partial charge in [0.2, 0.25) is 0 Å². The summed E-state index contributed by atoms with van der Waals surface area (Å²) in [6, 6.07) is 18.0. The molecule has 0 N–H and O–H groups in total. The highest BCUT2D eigenvalue weighted by atomic mass is 16.6. The van der Waals surface area contributed by atoms with Gasteiger partial charge in [-0.25, -0.2) is 0 Å². The van der Waals surface area contributed by atoms with Gasteiger partial charge in [-0.3, -0.25) is 14.5 Å². The molecule has 3 atom stereocenters. The van der Waals surface area contributed by atoms with Crippen molar-refractivity contribution in [3.8, 4) is 5.75 Å². The summed E-state index contributed by atoms with van der Waals surface area (Å²) in [7, 11) is 1.70. The Bertz CT molecular complexity index is 1160. The van der Waals surface area contributed by atoms with E-state index in [0.717, 1.165) is 68.1 Å². The van der Waals surface area contributed by atoms with Crippen molar-refractivity contribution in [2.45, 2.75) is 76.4 Å². The van der Waals surface area contributed by atoms with Gasteiger partial charge >= 0.3 is 5.97 Å². The number of ether oxygens (including phenoxy) is 2. The van der Waals surface area contributed by atoms with Crippen LogP contribution in [-0.2, 0) is 14.9 Å². The minimum atomic E-state index is -0.645. The molecule has 39 heavy (non-hydrogen) atoms. The Morgan fingerprint density at radius 2 is 1.82 bits per heavy atom. The molecule has 2 saturated carbocycles. The van der Waals surface area contributed by atoms with Gasteiger partial charge in [0.1, 0.15) is 11.4 Å². The van der Waals surface area contributed by atoms with Crippen LogP contribution >= 0.6 is 0 Å². The molecule has 1 amide bonds. The van der Waals surface area contributed by atoms with Crippen LogP contribution in [0.2, 0.25) is 0 Å². The SMILES string of the molecule is COc1cccc(C23CCN(CC4CC4)CC2(OC(C)=O)CC[C@H](N(CC(C)C)C(=O)c2ccccc2)C3)c1. The predicted octanol–water partition coefficient (Wildman–Crippen LogP) is 5.70. The zero-order chi connectivity index (χ0) is 27.6. The highest BCUT2D eigenvalue weighted by molar-refractivity contribution is 5.94. The molecule has 1 saturated heterocycles. The number of fused-ring (bicyclic) bond motifs is 1. The van der Waals surface area contributed by atoms with Gasteiger partial charge in [-0.15, -0.1) is 0 Å². The highest BCUT2D eigenvalue weighted by Gasteiger charge is 2.61. The smallest absolute Gasteiger partial charge is 0.303 e. The number of hydrogen-bond donors (Lipinski definition) is 0. The van der Waals surface area contributed by atoms with Crippen molar-refractivity contribution in [2.75, 3.05) is 33.3 Å². The molecule has 2 aromatic rings. The molecule has 6 heteroatoms. The molecule has 2 aromatic carbocycles. The molecular weight excluding hydrogens is 488 g/mol. The lowest BCUT2D eigenvalue weighted by molar-refractivity contribution is -0.189. The molecular formula is C33H44N2O4. The Hall–Kier alpha value is -2.86. The molecule has 0 bridgehead atoms. The van der Waals surface area contributed by atoms with E-state index in [2.05, 4.69) is 35.8 Å². The summed E-state index contributed by atoms with van der Waals surface area (Å²) in [5.74, 6) is 1.77. The quantitative estimate of drug-likeness (QED) is 0.388. The monoisotopic (exact) mass is 532 g/mol. The minimum absolute atomic E-state index is 0.0463. The molecule has 1 aliphatic heterocycles. The highest BCUT2D eigenvalue weighted by Crippen LogP contribution is 2.55. The van der Waals surface area contributed by atoms with Crippen LogP contribution in [0.4, 0.5) is 0 Å². The Balaban J connectivity index is 1.57. The Labute approximate surface area is 233 Å². The lowest BCUT2D eigenvalue weighted by Crippen LogP contribution is -2.69. The average Bonchev–Trinajstić information content (AvgIpc) is 3.75. The average molecular weight is 533 g/mol. The number of methoxy groups -OCH3 is 1. The van der Waals surface area contributed by atoms with E-state index in [1.165, 1.54) is 12.8 Å². The van der Waals surface area contributed by atoms with Crippen molar-refractivity contribution in [1.82, 2.24) is 9.80 Å². The molecule has 2 unspecified atom stereocenters. The number of esters is 1. The number of amides is 1. The number of rotatable bonds is 9. The summed E-state index contributed by atoms with van der Waals surface area (Å²) in [5, 5.41) is 0. The van der Waals surface area contributed by atoms with E-state index in [4.69, 9.17) is 9.47 Å². The van der Waals surface area contributed by atoms with E-state index in [9.17, 15) is 9.59 Å². The standard InChI is InChI=1S/C33H44N2O4/c1-24(2)21-35(31(37)27-9-6-5-7-10-27)29-15-16-33(39-25(3)36)23-34(22-26-13-14-26)18-17-32(33,20-29)28-11-8-12-30(19-28)38-4/h5-12,19,24,26,29H,13-18,20-23H2,1-4H3/t29-,32?,33?/m0/s1. The van der Waals surface area contributed by atoms with Gasteiger partial charge in [-0.1, -0.05) is 44.2 Å². The van der Waals surface area contributed by atoms with Gasteiger partial charge in [-0.2, -0.15) is 0 Å². The minimum Gasteiger partial charge on any atom is -0.497 e. The second-order valence-electron chi connectivity index (χ2n) is 12.4. The van der Waals surface area contributed by atoms with Gasteiger partial charge in [0.05, 0.1) is 7.11 Å². The van der Waals surface area contributed by atoms with Crippen LogP contribution in [0.15, 0.2) is 54.6 Å². The summed E-state index contributed by atoms with van der Waals surface area (Å²) in [6.07, 6.45) is 5.77. The number of nitrogens with zero attached hydrogens (tertiary/aromatic N) is 2. The maximum atomic E-state index is 13.9. The van der Waals surface area contributed by atoms with Crippen molar-refractivity contribution in [1.29, 1.82) is 0 Å². The third kappa shape index (κ3) is 5.72. The lowest BCUT2D eigenvalue weighted by Gasteiger charge is -2.60. The zero-order valence-electron chi connectivity index (χ0n) is 24.0. The summed E-state index contributed by atoms with van der Waals surface area (Å²) >= 11 is 0. The van der Waals surface area contributed by atoms with E-state index in [1.54, 1.807) is 14.0 Å². The van der Waals surface area contributed by atoms with Crippen LogP contribution in [0.3, 0.4) is 0 Å². The fourth-order valence-corrected chi connectivity index (χ4v) is 7.21. The van der Waals surface area contributed by atoms with Crippen LogP contribution in [0.5, 0.6) is 5.75 Å². The summed E-state index contributed by atoms with van der Waals surface area (Å²) in [4.78, 5) is 31.3. The molecule has 0 aromatic heterocycles. The van der Waals surface area contributed by atoms with Crippen LogP contribution < -0.4 is 4.74 Å². The van der Waals surface area contributed by atoms with Gasteiger partial charge < -0.3 is 14.4 Å². The number of carbonyl (C=O) groups excluding carboxylic acids is 2. The molecule has 0 spiro atoms. The third-order valence-electron chi connectivity index (χ3n) is 9.13. The molecule has 0 radical (unpaired) electrons. The first-order valence-electron chi connectivity index (χ1n) is 14.7.